The SMILES string of the molecule is CCCCCC/C=C\C/C=C\CCCCCCCC(=O)NC(COP(=O)([O-])OCC[N+](C)(C)C)C(O)/C=C/CCCCCCCCCCCCCCCCCCCCCCCCC. The summed E-state index contributed by atoms with van der Waals surface area (Å²) < 4.78 is 23.3. The number of hydrogen-bond donors (Lipinski definition) is 2. The lowest BCUT2D eigenvalue weighted by atomic mass is 10.0. The Kier molecular flexibility index (Phi) is 44.9. The van der Waals surface area contributed by atoms with Crippen LogP contribution in [0.4, 0.5) is 0 Å². The van der Waals surface area contributed by atoms with Gasteiger partial charge in [0.1, 0.15) is 13.2 Å². The van der Waals surface area contributed by atoms with Crippen molar-refractivity contribution < 1.29 is 32.9 Å². The number of phosphoric ester groups is 1. The van der Waals surface area contributed by atoms with Gasteiger partial charge in [-0.25, -0.2) is 0 Å². The number of aliphatic hydroxyl groups is 1. The molecule has 0 bridgehead atoms. The van der Waals surface area contributed by atoms with Crippen LogP contribution in [0.25, 0.3) is 0 Å². The van der Waals surface area contributed by atoms with Gasteiger partial charge >= 0.3 is 0 Å². The minimum Gasteiger partial charge on any atom is -0.756 e. The van der Waals surface area contributed by atoms with Crippen LogP contribution in [0.15, 0.2) is 36.5 Å². The van der Waals surface area contributed by atoms with Gasteiger partial charge in [0.15, 0.2) is 0 Å². The molecule has 9 heteroatoms. The van der Waals surface area contributed by atoms with Crippen LogP contribution in [-0.4, -0.2) is 68.5 Å². The first-order valence-electron chi connectivity index (χ1n) is 26.9. The maximum Gasteiger partial charge on any atom is 0.268 e. The summed E-state index contributed by atoms with van der Waals surface area (Å²) in [6.45, 7) is 4.64. The summed E-state index contributed by atoms with van der Waals surface area (Å²) in [6, 6.07) is -0.893. The van der Waals surface area contributed by atoms with Crippen molar-refractivity contribution in [3.63, 3.8) is 0 Å². The Morgan fingerprint density at radius 1 is 0.556 bits per heavy atom. The molecular weight excluding hydrogens is 804 g/mol. The summed E-state index contributed by atoms with van der Waals surface area (Å²) in [5, 5.41) is 13.8. The molecular formula is C54H105N2O6P. The topological polar surface area (TPSA) is 108 Å². The van der Waals surface area contributed by atoms with E-state index in [0.29, 0.717) is 17.4 Å². The Hall–Kier alpha value is -1.28. The fourth-order valence-electron chi connectivity index (χ4n) is 7.83. The number of amides is 1. The molecule has 0 aromatic carbocycles. The second kappa shape index (κ2) is 45.9. The average Bonchev–Trinajstić information content (AvgIpc) is 3.24. The molecule has 0 aliphatic heterocycles. The monoisotopic (exact) mass is 909 g/mol. The zero-order chi connectivity index (χ0) is 46.4. The smallest absolute Gasteiger partial charge is 0.268 e. The van der Waals surface area contributed by atoms with Crippen molar-refractivity contribution in [3.8, 4) is 0 Å². The summed E-state index contributed by atoms with van der Waals surface area (Å²) in [6.07, 6.45) is 57.8. The third-order valence-electron chi connectivity index (χ3n) is 12.1. The highest BCUT2D eigenvalue weighted by Crippen LogP contribution is 2.38. The molecule has 0 fully saturated rings. The molecule has 0 radical (unpaired) electrons. The van der Waals surface area contributed by atoms with Crippen LogP contribution in [0.3, 0.4) is 0 Å². The first-order valence-corrected chi connectivity index (χ1v) is 28.3. The molecule has 1 amide bonds. The molecule has 0 aromatic heterocycles. The molecule has 0 saturated heterocycles. The number of likely N-dealkylation sites (N-methyl/N-ethyl adjacent to an activating group) is 1. The van der Waals surface area contributed by atoms with E-state index in [1.165, 1.54) is 167 Å². The maximum absolute atomic E-state index is 12.9. The van der Waals surface area contributed by atoms with Gasteiger partial charge in [-0.15, -0.1) is 0 Å². The number of rotatable bonds is 49. The second-order valence-corrected chi connectivity index (χ2v) is 21.0. The fraction of sp³-hybridized carbons (Fsp3) is 0.870. The molecule has 0 rings (SSSR count). The van der Waals surface area contributed by atoms with Crippen molar-refractivity contribution in [2.45, 2.75) is 264 Å². The van der Waals surface area contributed by atoms with E-state index in [1.807, 2.05) is 27.2 Å². The van der Waals surface area contributed by atoms with Crippen molar-refractivity contribution in [2.75, 3.05) is 40.9 Å². The number of nitrogens with zero attached hydrogens (tertiary/aromatic N) is 1. The Labute approximate surface area is 391 Å². The minimum atomic E-state index is -4.60. The largest absolute Gasteiger partial charge is 0.756 e. The van der Waals surface area contributed by atoms with Gasteiger partial charge in [-0.2, -0.15) is 0 Å². The van der Waals surface area contributed by atoms with E-state index in [9.17, 15) is 19.4 Å². The molecule has 0 saturated carbocycles. The summed E-state index contributed by atoms with van der Waals surface area (Å²) >= 11 is 0. The zero-order valence-corrected chi connectivity index (χ0v) is 43.2. The lowest BCUT2D eigenvalue weighted by molar-refractivity contribution is -0.870. The van der Waals surface area contributed by atoms with Gasteiger partial charge in [0.25, 0.3) is 7.82 Å². The molecule has 0 heterocycles. The van der Waals surface area contributed by atoms with Crippen molar-refractivity contribution in [3.05, 3.63) is 36.5 Å². The van der Waals surface area contributed by atoms with E-state index in [1.54, 1.807) is 6.08 Å². The van der Waals surface area contributed by atoms with E-state index in [2.05, 4.69) is 43.5 Å². The predicted molar refractivity (Wildman–Crippen MR) is 270 cm³/mol. The summed E-state index contributed by atoms with van der Waals surface area (Å²) in [4.78, 5) is 25.4. The summed E-state index contributed by atoms with van der Waals surface area (Å²) in [5.74, 6) is -0.209. The summed E-state index contributed by atoms with van der Waals surface area (Å²) in [7, 11) is 1.25. The molecule has 3 atom stereocenters. The van der Waals surface area contributed by atoms with E-state index < -0.39 is 20.0 Å². The highest BCUT2D eigenvalue weighted by molar-refractivity contribution is 7.45. The first-order chi connectivity index (χ1) is 30.5. The normalized spacial score (nSPS) is 14.3. The van der Waals surface area contributed by atoms with Crippen LogP contribution in [0, 0.1) is 0 Å². The fourth-order valence-corrected chi connectivity index (χ4v) is 8.55. The molecule has 0 aromatic rings. The van der Waals surface area contributed by atoms with Crippen LogP contribution < -0.4 is 10.2 Å². The van der Waals surface area contributed by atoms with Crippen molar-refractivity contribution in [2.24, 2.45) is 0 Å². The van der Waals surface area contributed by atoms with Gasteiger partial charge in [-0.1, -0.05) is 230 Å². The number of nitrogens with one attached hydrogen (secondary N) is 1. The molecule has 2 N–H and O–H groups in total. The number of allylic oxidation sites excluding steroid dienone is 5. The lowest BCUT2D eigenvalue weighted by Crippen LogP contribution is -2.45. The van der Waals surface area contributed by atoms with Crippen LogP contribution in [0.5, 0.6) is 0 Å². The standard InChI is InChI=1S/C54H105N2O6P/c1-6-8-10-12-14-16-18-20-22-24-25-26-27-28-29-30-31-32-33-35-37-39-41-43-45-47-53(57)52(51-62-63(59,60)61-50-49-56(3,4)5)55-54(58)48-46-44-42-40-38-36-34-23-21-19-17-15-13-11-9-7-2/h17,19,23,34,45,47,52-53,57H,6-16,18,20-22,24-33,35-44,46,48-51H2,1-5H3,(H-,55,58,59,60)/b19-17-,34-23-,47-45+. The number of hydrogen-bond acceptors (Lipinski definition) is 6. The maximum atomic E-state index is 12.9. The molecule has 0 spiro atoms. The quantitative estimate of drug-likeness (QED) is 0.0272. The number of unbranched alkanes of at least 4 members (excludes halogenated alkanes) is 32. The van der Waals surface area contributed by atoms with Crippen molar-refractivity contribution >= 4 is 13.7 Å². The van der Waals surface area contributed by atoms with Crippen LogP contribution in [-0.2, 0) is 18.4 Å². The van der Waals surface area contributed by atoms with Gasteiger partial charge in [0.2, 0.25) is 5.91 Å². The van der Waals surface area contributed by atoms with Crippen LogP contribution >= 0.6 is 7.82 Å². The van der Waals surface area contributed by atoms with Crippen LogP contribution in [0.1, 0.15) is 251 Å². The highest BCUT2D eigenvalue weighted by atomic mass is 31.2. The Balaban J connectivity index is 4.25. The molecule has 63 heavy (non-hydrogen) atoms. The van der Waals surface area contributed by atoms with Gasteiger partial charge in [0, 0.05) is 6.42 Å². The number of carbonyl (C=O) groups excluding carboxylic acids is 1. The Morgan fingerprint density at radius 3 is 1.33 bits per heavy atom. The van der Waals surface area contributed by atoms with Crippen LogP contribution in [0.2, 0.25) is 0 Å². The van der Waals surface area contributed by atoms with E-state index >= 15 is 0 Å². The van der Waals surface area contributed by atoms with E-state index in [-0.39, 0.29) is 19.1 Å². The molecule has 372 valence electrons. The minimum absolute atomic E-state index is 0.00376. The third kappa shape index (κ3) is 48.5. The zero-order valence-electron chi connectivity index (χ0n) is 42.3. The second-order valence-electron chi connectivity index (χ2n) is 19.6. The van der Waals surface area contributed by atoms with Gasteiger partial charge in [-0.05, 0) is 51.4 Å². The lowest BCUT2D eigenvalue weighted by Gasteiger charge is -2.29. The van der Waals surface area contributed by atoms with E-state index in [0.717, 1.165) is 64.2 Å². The number of carbonyl (C=O) groups is 1. The molecule has 3 unspecified atom stereocenters. The predicted octanol–water partition coefficient (Wildman–Crippen LogP) is 15.2. The van der Waals surface area contributed by atoms with Crippen molar-refractivity contribution in [1.82, 2.24) is 5.32 Å². The number of quaternary nitrogens is 1. The van der Waals surface area contributed by atoms with Gasteiger partial charge in [-0.3, -0.25) is 9.36 Å². The molecule has 8 nitrogen and oxygen atoms in total. The average molecular weight is 909 g/mol. The van der Waals surface area contributed by atoms with Gasteiger partial charge < -0.3 is 28.8 Å². The molecule has 0 aliphatic rings. The number of aliphatic hydroxyl groups excluding tert-OH is 1. The first kappa shape index (κ1) is 61.7. The Morgan fingerprint density at radius 2 is 0.921 bits per heavy atom. The third-order valence-corrected chi connectivity index (χ3v) is 13.1. The van der Waals surface area contributed by atoms with Crippen molar-refractivity contribution in [1.29, 1.82) is 0 Å². The Bertz CT molecular complexity index is 1120. The van der Waals surface area contributed by atoms with E-state index in [4.69, 9.17) is 9.05 Å². The van der Waals surface area contributed by atoms with Gasteiger partial charge in [0.05, 0.1) is 39.9 Å². The summed E-state index contributed by atoms with van der Waals surface area (Å²) in [5.41, 5.74) is 0. The highest BCUT2D eigenvalue weighted by Gasteiger charge is 2.23. The molecule has 0 aliphatic carbocycles. The number of phosphoric acid groups is 1.